The largest absolute Gasteiger partial charge is 0.496 e. The third-order valence-electron chi connectivity index (χ3n) is 6.84. The van der Waals surface area contributed by atoms with Crippen LogP contribution in [0.4, 0.5) is 0 Å². The molecule has 0 heterocycles. The summed E-state index contributed by atoms with van der Waals surface area (Å²) in [5.74, 6) is 2.43. The number of carbonyl (C=O) groups is 2. The number of hydrogen-bond donors (Lipinski definition) is 1. The number of esters is 1. The predicted octanol–water partition coefficient (Wildman–Crippen LogP) is 3.83. The first-order chi connectivity index (χ1) is 13.5. The number of para-hydroxylation sites is 1. The van der Waals surface area contributed by atoms with Crippen LogP contribution in [0.1, 0.15) is 44.1 Å². The first-order valence-corrected chi connectivity index (χ1v) is 11.1. The number of alkyl halides is 1. The van der Waals surface area contributed by atoms with E-state index >= 15 is 0 Å². The molecule has 5 nitrogen and oxygen atoms in total. The van der Waals surface area contributed by atoms with Gasteiger partial charge in [0, 0.05) is 12.1 Å². The first kappa shape index (κ1) is 19.7. The van der Waals surface area contributed by atoms with Gasteiger partial charge in [0.2, 0.25) is 0 Å². The molecule has 1 atom stereocenters. The van der Waals surface area contributed by atoms with Crippen LogP contribution in [0.15, 0.2) is 24.3 Å². The molecule has 1 aromatic rings. The maximum Gasteiger partial charge on any atom is 0.320 e. The molecule has 4 saturated carbocycles. The lowest BCUT2D eigenvalue weighted by molar-refractivity contribution is -0.154. The van der Waals surface area contributed by atoms with Crippen molar-refractivity contribution in [1.29, 1.82) is 0 Å². The summed E-state index contributed by atoms with van der Waals surface area (Å²) in [4.78, 5) is 24.5. The van der Waals surface area contributed by atoms with Crippen molar-refractivity contribution < 1.29 is 19.1 Å². The maximum absolute atomic E-state index is 12.7. The van der Waals surface area contributed by atoms with Crippen LogP contribution >= 0.6 is 15.9 Å². The van der Waals surface area contributed by atoms with E-state index in [9.17, 15) is 9.59 Å². The molecule has 1 aromatic carbocycles. The molecule has 152 valence electrons. The highest BCUT2D eigenvalue weighted by Crippen LogP contribution is 2.62. The van der Waals surface area contributed by atoms with Gasteiger partial charge in [-0.25, -0.2) is 0 Å². The molecule has 4 fully saturated rings. The molecular formula is C22H28BrNO4. The molecule has 0 spiro atoms. The average Bonchev–Trinajstić information content (AvgIpc) is 2.69. The fourth-order valence-corrected chi connectivity index (χ4v) is 6.73. The number of benzene rings is 1. The van der Waals surface area contributed by atoms with Gasteiger partial charge in [0.05, 0.1) is 7.11 Å². The van der Waals surface area contributed by atoms with Gasteiger partial charge in [-0.05, 0) is 67.8 Å². The SMILES string of the molecule is COc1ccccc1CNC(=O)COC(=O)[C@H](Br)C12CC3CC(CC(C3)C1)C2. The van der Waals surface area contributed by atoms with Gasteiger partial charge in [-0.2, -0.15) is 0 Å². The Hall–Kier alpha value is -1.56. The lowest BCUT2D eigenvalue weighted by Gasteiger charge is -2.57. The molecule has 0 radical (unpaired) electrons. The highest BCUT2D eigenvalue weighted by molar-refractivity contribution is 9.10. The van der Waals surface area contributed by atoms with Crippen LogP contribution in [0.5, 0.6) is 5.75 Å². The van der Waals surface area contributed by atoms with Crippen LogP contribution in [0, 0.1) is 23.2 Å². The smallest absolute Gasteiger partial charge is 0.320 e. The topological polar surface area (TPSA) is 64.6 Å². The summed E-state index contributed by atoms with van der Waals surface area (Å²) < 4.78 is 10.7. The van der Waals surface area contributed by atoms with E-state index in [-0.39, 0.29) is 28.7 Å². The van der Waals surface area contributed by atoms with Gasteiger partial charge in [-0.1, -0.05) is 34.1 Å². The van der Waals surface area contributed by atoms with Gasteiger partial charge in [0.25, 0.3) is 5.91 Å². The minimum atomic E-state index is -0.310. The van der Waals surface area contributed by atoms with E-state index in [4.69, 9.17) is 9.47 Å². The number of ether oxygens (including phenoxy) is 2. The van der Waals surface area contributed by atoms with Crippen LogP contribution < -0.4 is 10.1 Å². The number of hydrogen-bond acceptors (Lipinski definition) is 4. The van der Waals surface area contributed by atoms with E-state index in [2.05, 4.69) is 21.2 Å². The highest BCUT2D eigenvalue weighted by atomic mass is 79.9. The molecule has 0 aliphatic heterocycles. The molecule has 1 amide bonds. The summed E-state index contributed by atoms with van der Waals surface area (Å²) in [7, 11) is 1.60. The van der Waals surface area contributed by atoms with E-state index in [0.717, 1.165) is 48.3 Å². The fourth-order valence-electron chi connectivity index (χ4n) is 6.04. The fraction of sp³-hybridized carbons (Fsp3) is 0.636. The average molecular weight is 450 g/mol. The molecule has 4 bridgehead atoms. The van der Waals surface area contributed by atoms with Crippen LogP contribution in [-0.2, 0) is 20.9 Å². The lowest BCUT2D eigenvalue weighted by Crippen LogP contribution is -2.52. The second-order valence-corrected chi connectivity index (χ2v) is 9.75. The third kappa shape index (κ3) is 3.93. The van der Waals surface area contributed by atoms with Crippen molar-refractivity contribution in [1.82, 2.24) is 5.32 Å². The van der Waals surface area contributed by atoms with E-state index in [1.165, 1.54) is 19.3 Å². The Morgan fingerprint density at radius 3 is 2.36 bits per heavy atom. The van der Waals surface area contributed by atoms with Crippen molar-refractivity contribution in [3.05, 3.63) is 29.8 Å². The van der Waals surface area contributed by atoms with Crippen molar-refractivity contribution in [2.24, 2.45) is 23.2 Å². The summed E-state index contributed by atoms with van der Waals surface area (Å²) in [6, 6.07) is 7.52. The summed E-state index contributed by atoms with van der Waals surface area (Å²) in [5.41, 5.74) is 0.913. The van der Waals surface area contributed by atoms with Crippen LogP contribution in [0.2, 0.25) is 0 Å². The molecule has 4 aliphatic rings. The quantitative estimate of drug-likeness (QED) is 0.507. The van der Waals surface area contributed by atoms with Gasteiger partial charge in [0.15, 0.2) is 6.61 Å². The van der Waals surface area contributed by atoms with Crippen LogP contribution in [0.3, 0.4) is 0 Å². The Morgan fingerprint density at radius 1 is 1.14 bits per heavy atom. The zero-order chi connectivity index (χ0) is 19.7. The number of carbonyl (C=O) groups excluding carboxylic acids is 2. The van der Waals surface area contributed by atoms with Crippen LogP contribution in [0.25, 0.3) is 0 Å². The minimum Gasteiger partial charge on any atom is -0.496 e. The highest BCUT2D eigenvalue weighted by Gasteiger charge is 2.55. The zero-order valence-electron chi connectivity index (χ0n) is 16.3. The molecule has 6 heteroatoms. The van der Waals surface area contributed by atoms with Crippen molar-refractivity contribution in [2.75, 3.05) is 13.7 Å². The van der Waals surface area contributed by atoms with E-state index in [1.54, 1.807) is 7.11 Å². The molecule has 0 aromatic heterocycles. The Balaban J connectivity index is 1.28. The number of rotatable bonds is 7. The number of methoxy groups -OCH3 is 1. The van der Waals surface area contributed by atoms with E-state index in [0.29, 0.717) is 6.54 Å². The second-order valence-electron chi connectivity index (χ2n) is 8.84. The molecular weight excluding hydrogens is 422 g/mol. The molecule has 5 rings (SSSR count). The van der Waals surface area contributed by atoms with Gasteiger partial charge in [0.1, 0.15) is 10.6 Å². The minimum absolute atomic E-state index is 0.0275. The maximum atomic E-state index is 12.7. The molecule has 0 unspecified atom stereocenters. The van der Waals surface area contributed by atoms with E-state index < -0.39 is 0 Å². The Bertz CT molecular complexity index is 715. The lowest BCUT2D eigenvalue weighted by atomic mass is 9.49. The van der Waals surface area contributed by atoms with E-state index in [1.807, 2.05) is 24.3 Å². The Kier molecular flexibility index (Phi) is 5.68. The normalized spacial score (nSPS) is 31.3. The summed E-state index contributed by atoms with van der Waals surface area (Å²) in [5, 5.41) is 2.79. The summed E-state index contributed by atoms with van der Waals surface area (Å²) in [6.07, 6.45) is 7.34. The molecule has 0 saturated heterocycles. The summed E-state index contributed by atoms with van der Waals surface area (Å²) in [6.45, 7) is 0.0928. The van der Waals surface area contributed by atoms with Gasteiger partial charge in [-0.15, -0.1) is 0 Å². The number of halogens is 1. The summed E-state index contributed by atoms with van der Waals surface area (Å²) >= 11 is 3.65. The number of amides is 1. The van der Waals surface area contributed by atoms with Gasteiger partial charge < -0.3 is 14.8 Å². The molecule has 28 heavy (non-hydrogen) atoms. The number of nitrogens with one attached hydrogen (secondary N) is 1. The van der Waals surface area contributed by atoms with Crippen molar-refractivity contribution in [3.8, 4) is 5.75 Å². The van der Waals surface area contributed by atoms with Gasteiger partial charge >= 0.3 is 5.97 Å². The monoisotopic (exact) mass is 449 g/mol. The standard InChI is InChI=1S/C22H28BrNO4/c1-27-18-5-3-2-4-17(18)12-24-19(25)13-28-21(26)20(23)22-9-14-6-15(10-22)8-16(7-14)11-22/h2-5,14-16,20H,6-13H2,1H3,(H,24,25)/t14?,15?,16?,20-,22?/m0/s1. The van der Waals surface area contributed by atoms with Gasteiger partial charge in [-0.3, -0.25) is 9.59 Å². The Morgan fingerprint density at radius 2 is 1.75 bits per heavy atom. The second kappa shape index (κ2) is 8.05. The Labute approximate surface area is 174 Å². The van der Waals surface area contributed by atoms with Crippen molar-refractivity contribution >= 4 is 27.8 Å². The van der Waals surface area contributed by atoms with Crippen molar-refractivity contribution in [3.63, 3.8) is 0 Å². The zero-order valence-corrected chi connectivity index (χ0v) is 17.9. The molecule has 4 aliphatic carbocycles. The van der Waals surface area contributed by atoms with Crippen molar-refractivity contribution in [2.45, 2.75) is 49.9 Å². The first-order valence-electron chi connectivity index (χ1n) is 10.2. The molecule has 1 N–H and O–H groups in total. The third-order valence-corrected chi connectivity index (χ3v) is 8.19. The predicted molar refractivity (Wildman–Crippen MR) is 109 cm³/mol. The van der Waals surface area contributed by atoms with Crippen LogP contribution in [-0.4, -0.2) is 30.4 Å².